The Kier molecular flexibility index (Phi) is 4.50. The summed E-state index contributed by atoms with van der Waals surface area (Å²) in [7, 11) is 0. The fraction of sp³-hybridized carbons (Fsp3) is 0.100. The van der Waals surface area contributed by atoms with E-state index < -0.39 is 11.9 Å². The van der Waals surface area contributed by atoms with E-state index in [2.05, 4.69) is 20.3 Å². The van der Waals surface area contributed by atoms with Gasteiger partial charge in [0.1, 0.15) is 11.3 Å². The number of carbonyl (C=O) groups is 1. The number of ketones is 1. The van der Waals surface area contributed by atoms with Crippen molar-refractivity contribution in [1.82, 2.24) is 19.4 Å². The molecule has 0 aliphatic carbocycles. The van der Waals surface area contributed by atoms with Gasteiger partial charge in [-0.15, -0.1) is 0 Å². The molecule has 3 heterocycles. The maximum Gasteiger partial charge on any atom is 0.435 e. The van der Waals surface area contributed by atoms with Crippen LogP contribution in [0.15, 0.2) is 60.9 Å². The normalized spacial score (nSPS) is 11.6. The van der Waals surface area contributed by atoms with Crippen molar-refractivity contribution in [3.63, 3.8) is 0 Å². The minimum absolute atomic E-state index is 0.0675. The molecule has 3 aromatic heterocycles. The quantitative estimate of drug-likeness (QED) is 0.503. The highest BCUT2D eigenvalue weighted by Gasteiger charge is 2.38. The van der Waals surface area contributed by atoms with E-state index in [0.29, 0.717) is 11.3 Å². The Balaban J connectivity index is 1.75. The van der Waals surface area contributed by atoms with Gasteiger partial charge in [0.15, 0.2) is 11.5 Å². The summed E-state index contributed by atoms with van der Waals surface area (Å²) < 4.78 is 42.0. The lowest BCUT2D eigenvalue weighted by molar-refractivity contribution is -0.140. The van der Waals surface area contributed by atoms with Crippen molar-refractivity contribution >= 4 is 23.1 Å². The number of alkyl halides is 3. The highest BCUT2D eigenvalue weighted by molar-refractivity contribution is 5.94. The minimum atomic E-state index is -4.64. The molecule has 0 unspecified atom stereocenters. The third-order valence-corrected chi connectivity index (χ3v) is 4.24. The third kappa shape index (κ3) is 3.66. The first-order valence-corrected chi connectivity index (χ1v) is 8.58. The van der Waals surface area contributed by atoms with E-state index in [4.69, 9.17) is 0 Å². The summed E-state index contributed by atoms with van der Waals surface area (Å²) in [5.41, 5.74) is 0.216. The van der Waals surface area contributed by atoms with Crippen molar-refractivity contribution < 1.29 is 18.0 Å². The first kappa shape index (κ1) is 18.6. The van der Waals surface area contributed by atoms with Crippen LogP contribution in [0.1, 0.15) is 23.0 Å². The number of nitrogens with zero attached hydrogens (tertiary/aromatic N) is 4. The molecule has 0 amide bonds. The summed E-state index contributed by atoms with van der Waals surface area (Å²) in [6.45, 7) is 1.46. The lowest BCUT2D eigenvalue weighted by Crippen LogP contribution is -2.09. The van der Waals surface area contributed by atoms with Crippen LogP contribution in [0.5, 0.6) is 0 Å². The number of imidazole rings is 1. The molecule has 29 heavy (non-hydrogen) atoms. The number of hydrogen-bond donors (Lipinski definition) is 1. The number of fused-ring (bicyclic) bond motifs is 1. The second-order valence-corrected chi connectivity index (χ2v) is 6.26. The third-order valence-electron chi connectivity index (χ3n) is 4.24. The van der Waals surface area contributed by atoms with Crippen molar-refractivity contribution in [1.29, 1.82) is 0 Å². The summed E-state index contributed by atoms with van der Waals surface area (Å²) in [6, 6.07) is 12.7. The average Bonchev–Trinajstić information content (AvgIpc) is 3.09. The number of rotatable bonds is 4. The molecule has 4 aromatic rings. The number of halogens is 3. The Hall–Kier alpha value is -3.75. The molecule has 0 spiro atoms. The van der Waals surface area contributed by atoms with Gasteiger partial charge in [-0.3, -0.25) is 9.20 Å². The smallest absolute Gasteiger partial charge is 0.324 e. The van der Waals surface area contributed by atoms with Crippen LogP contribution in [0.2, 0.25) is 0 Å². The van der Waals surface area contributed by atoms with Gasteiger partial charge >= 0.3 is 6.18 Å². The number of carbonyl (C=O) groups excluding carboxylic acids is 1. The Labute approximate surface area is 163 Å². The predicted octanol–water partition coefficient (Wildman–Crippen LogP) is 4.76. The van der Waals surface area contributed by atoms with Gasteiger partial charge in [-0.2, -0.15) is 13.2 Å². The van der Waals surface area contributed by atoms with Crippen LogP contribution in [-0.2, 0) is 6.18 Å². The van der Waals surface area contributed by atoms with Gasteiger partial charge in [0, 0.05) is 23.6 Å². The van der Waals surface area contributed by atoms with Gasteiger partial charge in [-0.05, 0) is 49.4 Å². The van der Waals surface area contributed by atoms with E-state index in [1.807, 2.05) is 0 Å². The zero-order valence-electron chi connectivity index (χ0n) is 15.1. The molecule has 0 aliphatic rings. The molecule has 1 N–H and O–H groups in total. The summed E-state index contributed by atoms with van der Waals surface area (Å²) in [5, 5.41) is 2.93. The van der Waals surface area contributed by atoms with E-state index in [9.17, 15) is 18.0 Å². The van der Waals surface area contributed by atoms with Crippen LogP contribution in [-0.4, -0.2) is 25.1 Å². The SMILES string of the molecule is CC(=O)c1ccc(Nc2nccc(-c3c(C(F)(F)F)nc4ccccn34)n2)cc1. The lowest BCUT2D eigenvalue weighted by Gasteiger charge is -2.09. The number of benzene rings is 1. The maximum atomic E-state index is 13.6. The molecule has 0 saturated carbocycles. The maximum absolute atomic E-state index is 13.6. The first-order chi connectivity index (χ1) is 13.8. The zero-order chi connectivity index (χ0) is 20.6. The highest BCUT2D eigenvalue weighted by Crippen LogP contribution is 2.36. The Morgan fingerprint density at radius 1 is 1.03 bits per heavy atom. The van der Waals surface area contributed by atoms with Crippen LogP contribution in [0, 0.1) is 0 Å². The number of anilines is 2. The van der Waals surface area contributed by atoms with Crippen LogP contribution in [0.25, 0.3) is 17.0 Å². The first-order valence-electron chi connectivity index (χ1n) is 8.58. The fourth-order valence-corrected chi connectivity index (χ4v) is 2.91. The van der Waals surface area contributed by atoms with Crippen LogP contribution >= 0.6 is 0 Å². The highest BCUT2D eigenvalue weighted by atomic mass is 19.4. The Bertz CT molecular complexity index is 1200. The van der Waals surface area contributed by atoms with Gasteiger partial charge in [0.05, 0.1) is 5.69 Å². The van der Waals surface area contributed by atoms with E-state index in [1.54, 1.807) is 36.4 Å². The standard InChI is InChI=1S/C20H14F3N5O/c1-12(29)13-5-7-14(8-6-13)25-19-24-10-9-15(26-19)17-18(20(21,22)23)27-16-4-2-3-11-28(16)17/h2-11H,1H3,(H,24,25,26). The van der Waals surface area contributed by atoms with Gasteiger partial charge in [0.2, 0.25) is 5.95 Å². The largest absolute Gasteiger partial charge is 0.435 e. The molecule has 0 atom stereocenters. The summed E-state index contributed by atoms with van der Waals surface area (Å²) >= 11 is 0. The Morgan fingerprint density at radius 2 is 1.79 bits per heavy atom. The van der Waals surface area contributed by atoms with Crippen molar-refractivity contribution in [2.45, 2.75) is 13.1 Å². The van der Waals surface area contributed by atoms with E-state index >= 15 is 0 Å². The monoisotopic (exact) mass is 397 g/mol. The lowest BCUT2D eigenvalue weighted by atomic mass is 10.1. The second kappa shape index (κ2) is 7.01. The zero-order valence-corrected chi connectivity index (χ0v) is 15.1. The van der Waals surface area contributed by atoms with E-state index in [1.165, 1.54) is 35.9 Å². The van der Waals surface area contributed by atoms with Crippen molar-refractivity contribution in [3.05, 3.63) is 72.2 Å². The van der Waals surface area contributed by atoms with Gasteiger partial charge in [-0.25, -0.2) is 15.0 Å². The molecule has 0 fully saturated rings. The van der Waals surface area contributed by atoms with Crippen molar-refractivity contribution in [3.8, 4) is 11.4 Å². The predicted molar refractivity (Wildman–Crippen MR) is 101 cm³/mol. The van der Waals surface area contributed by atoms with Crippen LogP contribution in [0.3, 0.4) is 0 Å². The summed E-state index contributed by atoms with van der Waals surface area (Å²) in [5.74, 6) is 0.0548. The second-order valence-electron chi connectivity index (χ2n) is 6.26. The molecule has 1 aromatic carbocycles. The number of Topliss-reactive ketones (excluding diaryl/α,β-unsaturated/α-hetero) is 1. The molecule has 6 nitrogen and oxygen atoms in total. The van der Waals surface area contributed by atoms with Gasteiger partial charge in [0.25, 0.3) is 0 Å². The van der Waals surface area contributed by atoms with Crippen molar-refractivity contribution in [2.75, 3.05) is 5.32 Å². The van der Waals surface area contributed by atoms with Crippen molar-refractivity contribution in [2.24, 2.45) is 0 Å². The Morgan fingerprint density at radius 3 is 2.48 bits per heavy atom. The molecule has 0 aliphatic heterocycles. The molecular weight excluding hydrogens is 383 g/mol. The topological polar surface area (TPSA) is 72.2 Å². The number of aromatic nitrogens is 4. The molecule has 0 saturated heterocycles. The molecule has 146 valence electrons. The number of nitrogens with one attached hydrogen (secondary N) is 1. The minimum Gasteiger partial charge on any atom is -0.324 e. The average molecular weight is 397 g/mol. The summed E-state index contributed by atoms with van der Waals surface area (Å²) in [4.78, 5) is 23.4. The molecule has 9 heteroatoms. The molecule has 0 bridgehead atoms. The van der Waals surface area contributed by atoms with E-state index in [0.717, 1.165) is 0 Å². The van der Waals surface area contributed by atoms with Gasteiger partial charge < -0.3 is 5.32 Å². The van der Waals surface area contributed by atoms with Crippen LogP contribution < -0.4 is 5.32 Å². The molecule has 4 rings (SSSR count). The number of hydrogen-bond acceptors (Lipinski definition) is 5. The number of pyridine rings is 1. The fourth-order valence-electron chi connectivity index (χ4n) is 2.91. The molecular formula is C20H14F3N5O. The molecule has 0 radical (unpaired) electrons. The van der Waals surface area contributed by atoms with Gasteiger partial charge in [-0.1, -0.05) is 6.07 Å². The van der Waals surface area contributed by atoms with Crippen LogP contribution in [0.4, 0.5) is 24.8 Å². The van der Waals surface area contributed by atoms with E-state index in [-0.39, 0.29) is 28.8 Å². The summed E-state index contributed by atoms with van der Waals surface area (Å²) in [6.07, 6.45) is -1.76.